The summed E-state index contributed by atoms with van der Waals surface area (Å²) in [5.41, 5.74) is 0.379. The number of hydrogen-bond donors (Lipinski definition) is 12. The summed E-state index contributed by atoms with van der Waals surface area (Å²) in [5.74, 6) is -2.87. The normalized spacial score (nSPS) is 13.1. The van der Waals surface area contributed by atoms with Gasteiger partial charge in [-0.25, -0.2) is 0 Å². The van der Waals surface area contributed by atoms with Crippen molar-refractivity contribution >= 4 is 138 Å². The number of nitrogens with one attached hydrogen (secondary N) is 4. The quantitative estimate of drug-likeness (QED) is 0.0403. The van der Waals surface area contributed by atoms with Gasteiger partial charge in [-0.2, -0.15) is 0 Å². The van der Waals surface area contributed by atoms with Crippen LogP contribution in [0.2, 0.25) is 0 Å². The highest BCUT2D eigenvalue weighted by Gasteiger charge is 2.33. The largest absolute Gasteiger partial charge is 0.395 e. The minimum absolute atomic E-state index is 0.0187. The van der Waals surface area contributed by atoms with Gasteiger partial charge in [0.15, 0.2) is 0 Å². The topological polar surface area (TPSA) is 319 Å². The maximum atomic E-state index is 13.4. The van der Waals surface area contributed by atoms with E-state index in [0.717, 1.165) is 9.80 Å². The van der Waals surface area contributed by atoms with E-state index in [1.165, 1.54) is 13.8 Å². The Balaban J connectivity index is 2.56. The lowest BCUT2D eigenvalue weighted by Crippen LogP contribution is -2.40. The lowest BCUT2D eigenvalue weighted by atomic mass is 9.98. The third-order valence-corrected chi connectivity index (χ3v) is 12.7. The van der Waals surface area contributed by atoms with Crippen molar-refractivity contribution in [1.82, 2.24) is 21.3 Å². The van der Waals surface area contributed by atoms with Crippen molar-refractivity contribution in [2.75, 3.05) is 75.5 Å². The molecule has 24 heteroatoms. The van der Waals surface area contributed by atoms with Crippen molar-refractivity contribution in [2.24, 2.45) is 0 Å². The van der Waals surface area contributed by atoms with Gasteiger partial charge >= 0.3 is 0 Å². The minimum Gasteiger partial charge on any atom is -0.395 e. The second-order valence-corrected chi connectivity index (χ2v) is 17.1. The highest BCUT2D eigenvalue weighted by atomic mass is 127. The molecule has 2 rings (SSSR count). The molecule has 0 aliphatic carbocycles. The Morgan fingerprint density at radius 3 is 1.29 bits per heavy atom. The first-order valence-corrected chi connectivity index (χ1v) is 21.9. The molecule has 0 aliphatic heterocycles. The van der Waals surface area contributed by atoms with Crippen LogP contribution in [0.3, 0.4) is 0 Å². The van der Waals surface area contributed by atoms with Crippen molar-refractivity contribution in [2.45, 2.75) is 44.7 Å². The molecule has 0 spiro atoms. The van der Waals surface area contributed by atoms with Crippen LogP contribution in [0.25, 0.3) is 0 Å². The molecule has 0 radical (unpaired) electrons. The van der Waals surface area contributed by atoms with Crippen LogP contribution in [0.4, 0.5) is 11.4 Å². The van der Waals surface area contributed by atoms with E-state index in [1.54, 1.807) is 67.8 Å². The molecule has 0 saturated heterocycles. The molecule has 4 unspecified atom stereocenters. The first kappa shape index (κ1) is 53.0. The number of amides is 6. The Labute approximate surface area is 393 Å². The van der Waals surface area contributed by atoms with E-state index >= 15 is 0 Å². The van der Waals surface area contributed by atoms with Crippen LogP contribution >= 0.6 is 90.4 Å². The van der Waals surface area contributed by atoms with E-state index in [-0.39, 0.29) is 85.2 Å². The number of carbonyl (C=O) groups is 6. The van der Waals surface area contributed by atoms with E-state index < -0.39 is 94.0 Å². The van der Waals surface area contributed by atoms with E-state index in [0.29, 0.717) is 12.8 Å². The van der Waals surface area contributed by atoms with Gasteiger partial charge < -0.3 is 71.9 Å². The Morgan fingerprint density at radius 2 is 0.898 bits per heavy atom. The standard InChI is InChI=1S/C35H46I4N6O14/c1-16-22(32(56)40-3-5-46)27(37)31(28(38)23(16)34(58)42-8-20(54)12-48)45(15-51)11-19(53)7-18(52)10-44(14-50)30-17(2)24(33(57)41-4-6-47)26(36)25(29(30)39)35(59)43-9-21(55)13-49/h14-15,18-21,46-49,52-55H,3-13H2,1-2H3,(H,40,56)(H,41,57)(H,42,58)(H,43,59). The van der Waals surface area contributed by atoms with E-state index in [4.69, 9.17) is 0 Å². The Bertz CT molecular complexity index is 1730. The van der Waals surface area contributed by atoms with Gasteiger partial charge in [-0.1, -0.05) is 0 Å². The summed E-state index contributed by atoms with van der Waals surface area (Å²) in [6.45, 7) is -0.978. The van der Waals surface area contributed by atoms with Crippen molar-refractivity contribution in [3.63, 3.8) is 0 Å². The summed E-state index contributed by atoms with van der Waals surface area (Å²) in [6.07, 6.45) is -5.30. The molecule has 20 nitrogen and oxygen atoms in total. The van der Waals surface area contributed by atoms with E-state index in [9.17, 15) is 69.6 Å². The van der Waals surface area contributed by atoms with Gasteiger partial charge in [0.25, 0.3) is 23.6 Å². The molecule has 12 N–H and O–H groups in total. The fraction of sp³-hybridized carbons (Fsp3) is 0.486. The molecule has 0 aliphatic rings. The van der Waals surface area contributed by atoms with E-state index in [2.05, 4.69) is 21.3 Å². The molecule has 2 aromatic rings. The number of anilines is 2. The third kappa shape index (κ3) is 13.9. The summed E-state index contributed by atoms with van der Waals surface area (Å²) in [6, 6.07) is 0. The lowest BCUT2D eigenvalue weighted by molar-refractivity contribution is -0.108. The van der Waals surface area contributed by atoms with Crippen LogP contribution in [-0.2, 0) is 9.59 Å². The van der Waals surface area contributed by atoms with Crippen LogP contribution < -0.4 is 31.1 Å². The number of hydrogen-bond acceptors (Lipinski definition) is 14. The summed E-state index contributed by atoms with van der Waals surface area (Å²) in [5, 5.41) is 89.1. The summed E-state index contributed by atoms with van der Waals surface area (Å²) >= 11 is 7.20. The smallest absolute Gasteiger partial charge is 0.253 e. The number of benzene rings is 2. The fourth-order valence-electron chi connectivity index (χ4n) is 5.71. The average Bonchev–Trinajstić information content (AvgIpc) is 3.18. The molecule has 0 heterocycles. The molecular formula is C35H46I4N6O14. The minimum atomic E-state index is -1.49. The molecule has 6 amide bonds. The van der Waals surface area contributed by atoms with Crippen molar-refractivity contribution < 1.29 is 69.6 Å². The molecule has 0 fully saturated rings. The van der Waals surface area contributed by atoms with E-state index in [1.807, 2.05) is 22.6 Å². The summed E-state index contributed by atoms with van der Waals surface area (Å²) in [4.78, 5) is 80.8. The molecule has 328 valence electrons. The van der Waals surface area contributed by atoms with Gasteiger partial charge in [0, 0.05) is 36.2 Å². The molecule has 59 heavy (non-hydrogen) atoms. The van der Waals surface area contributed by atoms with Gasteiger partial charge in [-0.05, 0) is 115 Å². The van der Waals surface area contributed by atoms with Gasteiger partial charge in [0.2, 0.25) is 12.8 Å². The molecule has 2 aromatic carbocycles. The maximum absolute atomic E-state index is 13.4. The second kappa shape index (κ2) is 25.7. The van der Waals surface area contributed by atoms with Crippen molar-refractivity contribution in [1.29, 1.82) is 0 Å². The number of aliphatic hydroxyl groups excluding tert-OH is 8. The first-order valence-electron chi connectivity index (χ1n) is 17.6. The van der Waals surface area contributed by atoms with Gasteiger partial charge in [0.05, 0.1) is 108 Å². The molecule has 0 aromatic heterocycles. The van der Waals surface area contributed by atoms with Gasteiger partial charge in [-0.3, -0.25) is 28.8 Å². The van der Waals surface area contributed by atoms with Crippen LogP contribution in [0.15, 0.2) is 0 Å². The molecule has 0 saturated carbocycles. The lowest BCUT2D eigenvalue weighted by Gasteiger charge is -2.29. The Morgan fingerprint density at radius 1 is 0.542 bits per heavy atom. The predicted molar refractivity (Wildman–Crippen MR) is 246 cm³/mol. The zero-order valence-electron chi connectivity index (χ0n) is 31.7. The number of carbonyl (C=O) groups excluding carboxylic acids is 6. The summed E-state index contributed by atoms with van der Waals surface area (Å²) in [7, 11) is 0. The monoisotopic (exact) mass is 1280 g/mol. The molecule has 4 atom stereocenters. The predicted octanol–water partition coefficient (Wildman–Crippen LogP) is -1.93. The van der Waals surface area contributed by atoms with Crippen LogP contribution in [0, 0.1) is 28.1 Å². The third-order valence-electron chi connectivity index (χ3n) is 8.51. The number of halogens is 4. The number of rotatable bonds is 24. The second-order valence-electron chi connectivity index (χ2n) is 12.8. The number of aliphatic hydroxyl groups is 8. The maximum Gasteiger partial charge on any atom is 0.253 e. The highest BCUT2D eigenvalue weighted by Crippen LogP contribution is 2.38. The van der Waals surface area contributed by atoms with Crippen molar-refractivity contribution in [3.8, 4) is 0 Å². The van der Waals surface area contributed by atoms with Crippen LogP contribution in [-0.4, -0.2) is 167 Å². The zero-order chi connectivity index (χ0) is 44.7. The highest BCUT2D eigenvalue weighted by molar-refractivity contribution is 14.1. The first-order chi connectivity index (χ1) is 27.9. The Hall–Kier alpha value is -2.14. The summed E-state index contributed by atoms with van der Waals surface area (Å²) < 4.78 is 0.735. The molecular weight excluding hydrogens is 1240 g/mol. The zero-order valence-corrected chi connectivity index (χ0v) is 40.3. The SMILES string of the molecule is Cc1c(C(=O)NCCO)c(I)c(N(C=O)CC(O)CC(O)CN(C=O)c2c(C)c(C(=O)NCCO)c(I)c(C(=O)NCC(O)CO)c2I)c(I)c1C(=O)NCC(O)CO. The number of nitrogens with zero attached hydrogens (tertiary/aromatic N) is 2. The van der Waals surface area contributed by atoms with Gasteiger partial charge in [-0.15, -0.1) is 0 Å². The average molecular weight is 1280 g/mol. The van der Waals surface area contributed by atoms with Crippen molar-refractivity contribution in [3.05, 3.63) is 47.7 Å². The Kier molecular flexibility index (Phi) is 23.1. The van der Waals surface area contributed by atoms with Gasteiger partial charge in [0.1, 0.15) is 0 Å². The fourth-order valence-corrected chi connectivity index (χ4v) is 11.6. The van der Waals surface area contributed by atoms with Crippen LogP contribution in [0.1, 0.15) is 59.0 Å². The van der Waals surface area contributed by atoms with Crippen LogP contribution in [0.5, 0.6) is 0 Å². The molecule has 0 bridgehead atoms.